The molecule has 3 heterocycles. The highest BCUT2D eigenvalue weighted by atomic mass is 16.6. The number of methoxy groups -OCH3 is 2. The van der Waals surface area contributed by atoms with Gasteiger partial charge in [0, 0.05) is 54.7 Å². The molecule has 4 aliphatic rings. The van der Waals surface area contributed by atoms with Crippen LogP contribution in [0, 0.1) is 5.41 Å². The second kappa shape index (κ2) is 9.77. The molecule has 9 heteroatoms. The van der Waals surface area contributed by atoms with Crippen LogP contribution < -0.4 is 19.7 Å². The number of benzene rings is 2. The predicted molar refractivity (Wildman–Crippen MR) is 155 cm³/mol. The second-order valence-electron chi connectivity index (χ2n) is 11.8. The quantitative estimate of drug-likeness (QED) is 0.393. The zero-order valence-corrected chi connectivity index (χ0v) is 24.3. The van der Waals surface area contributed by atoms with E-state index in [0.29, 0.717) is 17.7 Å². The lowest BCUT2D eigenvalue weighted by Crippen LogP contribution is -2.81. The highest BCUT2D eigenvalue weighted by Gasteiger charge is 2.77. The van der Waals surface area contributed by atoms with Crippen LogP contribution in [0.15, 0.2) is 54.6 Å². The number of carbonyl (C=O) groups excluding carboxylic acids is 2. The van der Waals surface area contributed by atoms with Crippen molar-refractivity contribution in [3.63, 3.8) is 0 Å². The third kappa shape index (κ3) is 3.74. The van der Waals surface area contributed by atoms with E-state index in [-0.39, 0.29) is 18.5 Å². The molecule has 218 valence electrons. The molecule has 2 aromatic rings. The number of nitrogens with zero attached hydrogens (tertiary/aromatic N) is 2. The van der Waals surface area contributed by atoms with E-state index < -0.39 is 34.5 Å². The van der Waals surface area contributed by atoms with Gasteiger partial charge < -0.3 is 29.5 Å². The Morgan fingerprint density at radius 3 is 2.44 bits per heavy atom. The van der Waals surface area contributed by atoms with Gasteiger partial charge in [-0.3, -0.25) is 14.5 Å². The Balaban J connectivity index is 1.51. The summed E-state index contributed by atoms with van der Waals surface area (Å²) < 4.78 is 17.0. The van der Waals surface area contributed by atoms with Crippen LogP contribution in [-0.2, 0) is 14.9 Å². The fraction of sp³-hybridized carbons (Fsp3) is 0.500. The lowest BCUT2D eigenvalue weighted by Gasteiger charge is -2.64. The molecule has 2 N–H and O–H groups in total. The van der Waals surface area contributed by atoms with E-state index in [0.717, 1.165) is 36.5 Å². The summed E-state index contributed by atoms with van der Waals surface area (Å²) in [7, 11) is 5.21. The molecule has 3 aliphatic heterocycles. The van der Waals surface area contributed by atoms with Gasteiger partial charge in [0.25, 0.3) is 5.91 Å². The zero-order chi connectivity index (χ0) is 29.2. The Morgan fingerprint density at radius 2 is 1.78 bits per heavy atom. The van der Waals surface area contributed by atoms with Crippen molar-refractivity contribution >= 4 is 17.6 Å². The minimum Gasteiger partial charge on any atom is -0.497 e. The molecule has 1 unspecified atom stereocenters. The SMILES string of the molecule is CC[C@]12C=CCN3CC[C@@]4(c5ccc(OC)cc5N(C)[C@H]4[C@@](O)(CNC(=O)c4ccc(OC)cc4)[C@@H]1OC(C)=O)C32. The average molecular weight is 562 g/mol. The van der Waals surface area contributed by atoms with Crippen LogP contribution in [0.3, 0.4) is 0 Å². The number of amides is 1. The van der Waals surface area contributed by atoms with Gasteiger partial charge in [-0.25, -0.2) is 0 Å². The molecule has 41 heavy (non-hydrogen) atoms. The largest absolute Gasteiger partial charge is 0.497 e. The van der Waals surface area contributed by atoms with Crippen molar-refractivity contribution in [3.05, 3.63) is 65.7 Å². The second-order valence-corrected chi connectivity index (χ2v) is 11.8. The summed E-state index contributed by atoms with van der Waals surface area (Å²) in [6.07, 6.45) is 4.90. The van der Waals surface area contributed by atoms with Gasteiger partial charge in [-0.05, 0) is 55.3 Å². The first kappa shape index (κ1) is 27.6. The Hall–Kier alpha value is -3.56. The number of hydrogen-bond donors (Lipinski definition) is 2. The lowest BCUT2D eigenvalue weighted by molar-refractivity contribution is -0.216. The van der Waals surface area contributed by atoms with E-state index in [1.807, 2.05) is 19.2 Å². The van der Waals surface area contributed by atoms with Crippen molar-refractivity contribution in [2.24, 2.45) is 5.41 Å². The van der Waals surface area contributed by atoms with Crippen LogP contribution >= 0.6 is 0 Å². The fourth-order valence-corrected chi connectivity index (χ4v) is 8.71. The molecule has 6 atom stereocenters. The maximum absolute atomic E-state index is 13.4. The van der Waals surface area contributed by atoms with Gasteiger partial charge >= 0.3 is 5.97 Å². The fourth-order valence-electron chi connectivity index (χ4n) is 8.71. The van der Waals surface area contributed by atoms with Crippen LogP contribution in [-0.4, -0.2) is 86.6 Å². The third-order valence-corrected chi connectivity index (χ3v) is 10.1. The van der Waals surface area contributed by atoms with Gasteiger partial charge in [0.1, 0.15) is 23.2 Å². The molecule has 1 saturated heterocycles. The van der Waals surface area contributed by atoms with Crippen molar-refractivity contribution in [3.8, 4) is 11.5 Å². The van der Waals surface area contributed by atoms with Gasteiger partial charge in [0.2, 0.25) is 0 Å². The van der Waals surface area contributed by atoms with E-state index in [1.165, 1.54) is 6.92 Å². The van der Waals surface area contributed by atoms with E-state index in [4.69, 9.17) is 14.2 Å². The lowest BCUT2D eigenvalue weighted by atomic mass is 9.47. The van der Waals surface area contributed by atoms with E-state index in [1.54, 1.807) is 38.5 Å². The molecule has 0 bridgehead atoms. The molecule has 6 rings (SSSR count). The number of esters is 1. The number of hydrogen-bond acceptors (Lipinski definition) is 8. The first-order chi connectivity index (χ1) is 19.7. The highest BCUT2D eigenvalue weighted by Crippen LogP contribution is 2.67. The summed E-state index contributed by atoms with van der Waals surface area (Å²) in [6.45, 7) is 5.04. The molecule has 1 aliphatic carbocycles. The molecule has 9 nitrogen and oxygen atoms in total. The number of aliphatic hydroxyl groups is 1. The molecule has 1 saturated carbocycles. The van der Waals surface area contributed by atoms with Crippen LogP contribution in [0.5, 0.6) is 11.5 Å². The maximum Gasteiger partial charge on any atom is 0.303 e. The minimum absolute atomic E-state index is 0.00555. The monoisotopic (exact) mass is 561 g/mol. The van der Waals surface area contributed by atoms with Gasteiger partial charge in [-0.15, -0.1) is 0 Å². The van der Waals surface area contributed by atoms with Crippen LogP contribution in [0.1, 0.15) is 42.6 Å². The molecule has 2 aromatic carbocycles. The van der Waals surface area contributed by atoms with Crippen molar-refractivity contribution < 1.29 is 28.9 Å². The predicted octanol–water partition coefficient (Wildman–Crippen LogP) is 2.91. The number of likely N-dealkylation sites (N-methyl/N-ethyl adjacent to an activating group) is 1. The van der Waals surface area contributed by atoms with Crippen molar-refractivity contribution in [1.29, 1.82) is 0 Å². The normalized spacial score (nSPS) is 33.0. The standard InChI is InChI=1S/C32H39N3O6/c1-6-30-14-7-16-35-17-15-31(27(30)35)24-13-12-23(40-5)18-25(24)34(3)28(31)32(38,29(30)41-20(2)36)19-33-26(37)21-8-10-22(39-4)11-9-21/h7-14,18,27-29,38H,6,15-17,19H2,1-5H3,(H,33,37)/t27?,28-,29-,30-,31-,32+/m1/s1. The summed E-state index contributed by atoms with van der Waals surface area (Å²) in [4.78, 5) is 30.7. The highest BCUT2D eigenvalue weighted by molar-refractivity contribution is 5.94. The Morgan fingerprint density at radius 1 is 1.07 bits per heavy atom. The first-order valence-electron chi connectivity index (χ1n) is 14.3. The molecular weight excluding hydrogens is 522 g/mol. The molecule has 1 spiro atoms. The summed E-state index contributed by atoms with van der Waals surface area (Å²) in [6, 6.07) is 12.5. The van der Waals surface area contributed by atoms with Crippen LogP contribution in [0.25, 0.3) is 0 Å². The summed E-state index contributed by atoms with van der Waals surface area (Å²) in [5.74, 6) is 0.601. The molecular formula is C32H39N3O6. The van der Waals surface area contributed by atoms with Gasteiger partial charge in [0.05, 0.1) is 26.8 Å². The average Bonchev–Trinajstić information content (AvgIpc) is 3.50. The first-order valence-corrected chi connectivity index (χ1v) is 14.3. The third-order valence-electron chi connectivity index (χ3n) is 10.1. The van der Waals surface area contributed by atoms with Crippen LogP contribution in [0.4, 0.5) is 5.69 Å². The van der Waals surface area contributed by atoms with E-state index in [2.05, 4.69) is 40.3 Å². The molecule has 2 fully saturated rings. The van der Waals surface area contributed by atoms with Crippen LogP contribution in [0.2, 0.25) is 0 Å². The summed E-state index contributed by atoms with van der Waals surface area (Å²) >= 11 is 0. The number of fused-ring (bicyclic) bond motifs is 1. The van der Waals surface area contributed by atoms with E-state index in [9.17, 15) is 14.7 Å². The van der Waals surface area contributed by atoms with Crippen molar-refractivity contribution in [2.75, 3.05) is 45.8 Å². The summed E-state index contributed by atoms with van der Waals surface area (Å²) in [5.41, 5.74) is -0.165. The molecule has 0 aromatic heterocycles. The smallest absolute Gasteiger partial charge is 0.303 e. The number of carbonyl (C=O) groups is 2. The van der Waals surface area contributed by atoms with Gasteiger partial charge in [-0.1, -0.05) is 25.1 Å². The Labute approximate surface area is 241 Å². The summed E-state index contributed by atoms with van der Waals surface area (Å²) in [5, 5.41) is 16.1. The minimum atomic E-state index is -1.63. The Bertz CT molecular complexity index is 1390. The molecule has 0 radical (unpaired) electrons. The van der Waals surface area contributed by atoms with Gasteiger partial charge in [0.15, 0.2) is 0 Å². The molecule has 1 amide bonds. The van der Waals surface area contributed by atoms with E-state index >= 15 is 0 Å². The number of ether oxygens (including phenoxy) is 3. The number of rotatable bonds is 7. The Kier molecular flexibility index (Phi) is 6.58. The van der Waals surface area contributed by atoms with Gasteiger partial charge in [-0.2, -0.15) is 0 Å². The topological polar surface area (TPSA) is 101 Å². The maximum atomic E-state index is 13.4. The van der Waals surface area contributed by atoms with Crippen molar-refractivity contribution in [2.45, 2.75) is 55.9 Å². The zero-order valence-electron chi connectivity index (χ0n) is 24.3. The number of nitrogens with one attached hydrogen (secondary N) is 1. The van der Waals surface area contributed by atoms with Crippen molar-refractivity contribution in [1.82, 2.24) is 10.2 Å². The number of anilines is 1.